The van der Waals surface area contributed by atoms with E-state index in [1.807, 2.05) is 0 Å². The number of ether oxygens (including phenoxy) is 3. The molecule has 0 aliphatic carbocycles. The van der Waals surface area contributed by atoms with Crippen LogP contribution in [-0.2, 0) is 14.8 Å². The van der Waals surface area contributed by atoms with Gasteiger partial charge in [0.2, 0.25) is 0 Å². The number of nitrogens with one attached hydrogen (secondary N) is 1. The lowest BCUT2D eigenvalue weighted by molar-refractivity contribution is 0.0596. The first-order chi connectivity index (χ1) is 12.0. The predicted octanol–water partition coefficient (Wildman–Crippen LogP) is 2.44. The zero-order chi connectivity index (χ0) is 17.9. The molecule has 3 rings (SSSR count). The van der Waals surface area contributed by atoms with E-state index in [1.54, 1.807) is 24.3 Å². The van der Waals surface area contributed by atoms with Crippen LogP contribution < -0.4 is 14.2 Å². The van der Waals surface area contributed by atoms with Crippen molar-refractivity contribution in [3.63, 3.8) is 0 Å². The maximum atomic E-state index is 12.7. The summed E-state index contributed by atoms with van der Waals surface area (Å²) in [5.74, 6) is 0.314. The summed E-state index contributed by atoms with van der Waals surface area (Å²) in [6, 6.07) is 10.6. The molecule has 132 valence electrons. The number of fused-ring (bicyclic) bond motifs is 1. The standard InChI is InChI=1S/C17H17NO6S/c1-22-17(19)13-5-2-3-6-16(13)25(20,21)18-12-7-8-14-15(11-12)24-10-4-9-23-14/h2-3,5-8,11,18H,4,9-10H2,1H3. The molecule has 0 saturated heterocycles. The van der Waals surface area contributed by atoms with E-state index in [0.29, 0.717) is 30.4 Å². The number of anilines is 1. The topological polar surface area (TPSA) is 90.9 Å². The van der Waals surface area contributed by atoms with E-state index in [4.69, 9.17) is 9.47 Å². The minimum atomic E-state index is -3.98. The van der Waals surface area contributed by atoms with Gasteiger partial charge in [0, 0.05) is 12.5 Å². The van der Waals surface area contributed by atoms with Crippen LogP contribution in [0.5, 0.6) is 11.5 Å². The van der Waals surface area contributed by atoms with Gasteiger partial charge in [-0.25, -0.2) is 13.2 Å². The molecule has 0 atom stereocenters. The van der Waals surface area contributed by atoms with Crippen LogP contribution in [0.1, 0.15) is 16.8 Å². The van der Waals surface area contributed by atoms with Crippen LogP contribution in [-0.4, -0.2) is 34.7 Å². The van der Waals surface area contributed by atoms with Crippen molar-refractivity contribution in [1.29, 1.82) is 0 Å². The van der Waals surface area contributed by atoms with Crippen LogP contribution in [0.2, 0.25) is 0 Å². The van der Waals surface area contributed by atoms with Crippen molar-refractivity contribution in [2.24, 2.45) is 0 Å². The Balaban J connectivity index is 1.93. The Hall–Kier alpha value is -2.74. The second-order valence-electron chi connectivity index (χ2n) is 5.31. The summed E-state index contributed by atoms with van der Waals surface area (Å²) in [4.78, 5) is 11.7. The van der Waals surface area contributed by atoms with E-state index in [-0.39, 0.29) is 10.5 Å². The molecule has 0 unspecified atom stereocenters. The fraction of sp³-hybridized carbons (Fsp3) is 0.235. The third-order valence-electron chi connectivity index (χ3n) is 3.58. The second kappa shape index (κ2) is 7.02. The van der Waals surface area contributed by atoms with Gasteiger partial charge < -0.3 is 14.2 Å². The summed E-state index contributed by atoms with van der Waals surface area (Å²) >= 11 is 0. The molecule has 1 heterocycles. The Morgan fingerprint density at radius 2 is 1.80 bits per heavy atom. The molecule has 8 heteroatoms. The minimum absolute atomic E-state index is 0.0353. The first-order valence-electron chi connectivity index (χ1n) is 7.61. The molecule has 1 aliphatic heterocycles. The van der Waals surface area contributed by atoms with Gasteiger partial charge in [-0.05, 0) is 24.3 Å². The van der Waals surface area contributed by atoms with Gasteiger partial charge in [-0.2, -0.15) is 0 Å². The third kappa shape index (κ3) is 3.69. The lowest BCUT2D eigenvalue weighted by atomic mass is 10.2. The van der Waals surface area contributed by atoms with E-state index in [2.05, 4.69) is 9.46 Å². The maximum absolute atomic E-state index is 12.7. The normalized spacial score (nSPS) is 13.6. The van der Waals surface area contributed by atoms with Crippen molar-refractivity contribution < 1.29 is 27.4 Å². The molecular formula is C17H17NO6S. The summed E-state index contributed by atoms with van der Waals surface area (Å²) in [5, 5.41) is 0. The third-order valence-corrected chi connectivity index (χ3v) is 5.02. The smallest absolute Gasteiger partial charge is 0.339 e. The van der Waals surface area contributed by atoms with E-state index < -0.39 is 16.0 Å². The number of carbonyl (C=O) groups excluding carboxylic acids is 1. The molecule has 25 heavy (non-hydrogen) atoms. The van der Waals surface area contributed by atoms with Crippen LogP contribution in [0, 0.1) is 0 Å². The number of sulfonamides is 1. The molecule has 0 bridgehead atoms. The Morgan fingerprint density at radius 3 is 2.56 bits per heavy atom. The number of hydrogen-bond donors (Lipinski definition) is 1. The highest BCUT2D eigenvalue weighted by molar-refractivity contribution is 7.92. The van der Waals surface area contributed by atoms with Crippen molar-refractivity contribution >= 4 is 21.7 Å². The zero-order valence-corrected chi connectivity index (χ0v) is 14.3. The molecule has 0 saturated carbocycles. The van der Waals surface area contributed by atoms with Gasteiger partial charge in [-0.1, -0.05) is 12.1 Å². The van der Waals surface area contributed by atoms with E-state index in [0.717, 1.165) is 6.42 Å². The van der Waals surface area contributed by atoms with Crippen LogP contribution in [0.4, 0.5) is 5.69 Å². The molecule has 1 N–H and O–H groups in total. The largest absolute Gasteiger partial charge is 0.490 e. The second-order valence-corrected chi connectivity index (χ2v) is 6.96. The van der Waals surface area contributed by atoms with Crippen LogP contribution >= 0.6 is 0 Å². The quantitative estimate of drug-likeness (QED) is 0.839. The summed E-state index contributed by atoms with van der Waals surface area (Å²) in [7, 11) is -2.78. The molecule has 1 aliphatic rings. The minimum Gasteiger partial charge on any atom is -0.490 e. The summed E-state index contributed by atoms with van der Waals surface area (Å²) in [6.07, 6.45) is 0.752. The van der Waals surface area contributed by atoms with Crippen LogP contribution in [0.25, 0.3) is 0 Å². The zero-order valence-electron chi connectivity index (χ0n) is 13.5. The Kier molecular flexibility index (Phi) is 4.80. The van der Waals surface area contributed by atoms with Gasteiger partial charge in [0.1, 0.15) is 4.90 Å². The predicted molar refractivity (Wildman–Crippen MR) is 90.6 cm³/mol. The van der Waals surface area contributed by atoms with Gasteiger partial charge >= 0.3 is 5.97 Å². The Labute approximate surface area is 145 Å². The molecule has 7 nitrogen and oxygen atoms in total. The monoisotopic (exact) mass is 363 g/mol. The highest BCUT2D eigenvalue weighted by Crippen LogP contribution is 2.33. The van der Waals surface area contributed by atoms with E-state index >= 15 is 0 Å². The Bertz CT molecular complexity index is 894. The fourth-order valence-corrected chi connectivity index (χ4v) is 3.66. The van der Waals surface area contributed by atoms with E-state index in [9.17, 15) is 13.2 Å². The highest BCUT2D eigenvalue weighted by Gasteiger charge is 2.23. The number of methoxy groups -OCH3 is 1. The van der Waals surface area contributed by atoms with Gasteiger partial charge in [0.15, 0.2) is 11.5 Å². The fourth-order valence-electron chi connectivity index (χ4n) is 2.42. The molecule has 2 aromatic carbocycles. The molecule has 0 aromatic heterocycles. The van der Waals surface area contributed by atoms with Crippen molar-refractivity contribution in [3.8, 4) is 11.5 Å². The molecule has 0 fully saturated rings. The average molecular weight is 363 g/mol. The van der Waals surface area contributed by atoms with Crippen molar-refractivity contribution in [2.75, 3.05) is 25.0 Å². The van der Waals surface area contributed by atoms with Gasteiger partial charge in [0.05, 0.1) is 31.6 Å². The van der Waals surface area contributed by atoms with Gasteiger partial charge in [-0.3, -0.25) is 4.72 Å². The first kappa shape index (κ1) is 17.1. The first-order valence-corrected chi connectivity index (χ1v) is 9.09. The average Bonchev–Trinajstić information content (AvgIpc) is 2.85. The van der Waals surface area contributed by atoms with Gasteiger partial charge in [0.25, 0.3) is 10.0 Å². The molecule has 2 aromatic rings. The number of rotatable bonds is 4. The SMILES string of the molecule is COC(=O)c1ccccc1S(=O)(=O)Nc1ccc2c(c1)OCCCO2. The summed E-state index contributed by atoms with van der Waals surface area (Å²) in [5.41, 5.74) is 0.274. The maximum Gasteiger partial charge on any atom is 0.339 e. The molecule has 0 spiro atoms. The van der Waals surface area contributed by atoms with Crippen LogP contribution in [0.15, 0.2) is 47.4 Å². The molecular weight excluding hydrogens is 346 g/mol. The van der Waals surface area contributed by atoms with E-state index in [1.165, 1.54) is 25.3 Å². The molecule has 0 amide bonds. The number of esters is 1. The lowest BCUT2D eigenvalue weighted by Crippen LogP contribution is -2.17. The summed E-state index contributed by atoms with van der Waals surface area (Å²) < 4.78 is 43.5. The van der Waals surface area contributed by atoms with Gasteiger partial charge in [-0.15, -0.1) is 0 Å². The van der Waals surface area contributed by atoms with Crippen molar-refractivity contribution in [3.05, 3.63) is 48.0 Å². The van der Waals surface area contributed by atoms with Crippen molar-refractivity contribution in [1.82, 2.24) is 0 Å². The van der Waals surface area contributed by atoms with Crippen LogP contribution in [0.3, 0.4) is 0 Å². The number of hydrogen-bond acceptors (Lipinski definition) is 6. The number of benzene rings is 2. The Morgan fingerprint density at radius 1 is 1.08 bits per heavy atom. The summed E-state index contributed by atoms with van der Waals surface area (Å²) in [6.45, 7) is 1.04. The molecule has 0 radical (unpaired) electrons. The lowest BCUT2D eigenvalue weighted by Gasteiger charge is -2.13. The van der Waals surface area contributed by atoms with Crippen molar-refractivity contribution in [2.45, 2.75) is 11.3 Å². The highest BCUT2D eigenvalue weighted by atomic mass is 32.2. The number of carbonyl (C=O) groups is 1.